The lowest BCUT2D eigenvalue weighted by Gasteiger charge is -2.45. The van der Waals surface area contributed by atoms with E-state index in [0.29, 0.717) is 12.0 Å². The summed E-state index contributed by atoms with van der Waals surface area (Å²) in [7, 11) is 0. The van der Waals surface area contributed by atoms with Crippen LogP contribution in [-0.2, 0) is 6.42 Å². The van der Waals surface area contributed by atoms with Crippen LogP contribution in [0.4, 0.5) is 4.39 Å². The van der Waals surface area contributed by atoms with Gasteiger partial charge >= 0.3 is 0 Å². The van der Waals surface area contributed by atoms with Gasteiger partial charge in [-0.25, -0.2) is 4.39 Å². The van der Waals surface area contributed by atoms with Gasteiger partial charge in [-0.15, -0.1) is 0 Å². The molecule has 0 amide bonds. The fourth-order valence-corrected chi connectivity index (χ4v) is 3.95. The standard InChI is InChI=1S/C17H26ClFN2/c1-3-17(4-2,21-10-5-6-11-21)15(20)12-13-8-7-9-14(18)16(13)19/h7-9,15H,3-6,10-12,20H2,1-2H3. The number of benzene rings is 1. The van der Waals surface area contributed by atoms with E-state index in [0.717, 1.165) is 25.9 Å². The van der Waals surface area contributed by atoms with Crippen LogP contribution in [0.1, 0.15) is 45.1 Å². The monoisotopic (exact) mass is 312 g/mol. The van der Waals surface area contributed by atoms with Crippen LogP contribution in [0.25, 0.3) is 0 Å². The summed E-state index contributed by atoms with van der Waals surface area (Å²) in [5.74, 6) is -0.322. The first-order valence-electron chi connectivity index (χ1n) is 7.98. The molecule has 0 radical (unpaired) electrons. The van der Waals surface area contributed by atoms with Crippen LogP contribution in [0.2, 0.25) is 5.02 Å². The Kier molecular flexibility index (Phi) is 5.64. The Morgan fingerprint density at radius 1 is 1.29 bits per heavy atom. The molecule has 1 aliphatic heterocycles. The van der Waals surface area contributed by atoms with Crippen LogP contribution in [0, 0.1) is 5.82 Å². The molecule has 0 bridgehead atoms. The van der Waals surface area contributed by atoms with Crippen LogP contribution in [0.15, 0.2) is 18.2 Å². The van der Waals surface area contributed by atoms with Crippen molar-refractivity contribution >= 4 is 11.6 Å². The predicted octanol–water partition coefficient (Wildman–Crippen LogP) is 4.00. The second-order valence-electron chi connectivity index (χ2n) is 6.03. The highest BCUT2D eigenvalue weighted by Crippen LogP contribution is 2.32. The quantitative estimate of drug-likeness (QED) is 0.860. The lowest BCUT2D eigenvalue weighted by atomic mass is 9.80. The highest BCUT2D eigenvalue weighted by molar-refractivity contribution is 6.30. The first-order chi connectivity index (χ1) is 10.0. The summed E-state index contributed by atoms with van der Waals surface area (Å²) in [6.07, 6.45) is 4.99. The average Bonchev–Trinajstić information content (AvgIpc) is 3.00. The molecule has 1 aromatic rings. The number of rotatable bonds is 6. The Bertz CT molecular complexity index is 468. The number of halogens is 2. The average molecular weight is 313 g/mol. The first kappa shape index (κ1) is 16.7. The van der Waals surface area contributed by atoms with Gasteiger partial charge in [0, 0.05) is 11.6 Å². The molecule has 2 nitrogen and oxygen atoms in total. The zero-order valence-corrected chi connectivity index (χ0v) is 13.8. The molecular formula is C17H26ClFN2. The van der Waals surface area contributed by atoms with Gasteiger partial charge in [0.15, 0.2) is 0 Å². The summed E-state index contributed by atoms with van der Waals surface area (Å²) in [6.45, 7) is 6.59. The van der Waals surface area contributed by atoms with Gasteiger partial charge < -0.3 is 5.73 Å². The van der Waals surface area contributed by atoms with Crippen molar-refractivity contribution in [2.75, 3.05) is 13.1 Å². The number of hydrogen-bond acceptors (Lipinski definition) is 2. The summed E-state index contributed by atoms with van der Waals surface area (Å²) in [5, 5.41) is 0.180. The van der Waals surface area contributed by atoms with E-state index in [1.807, 2.05) is 0 Å². The zero-order chi connectivity index (χ0) is 15.5. The molecule has 1 aliphatic rings. The first-order valence-corrected chi connectivity index (χ1v) is 8.36. The second kappa shape index (κ2) is 7.08. The van der Waals surface area contributed by atoms with Gasteiger partial charge in [-0.05, 0) is 56.8 Å². The Morgan fingerprint density at radius 3 is 2.48 bits per heavy atom. The molecule has 1 unspecified atom stereocenters. The topological polar surface area (TPSA) is 29.3 Å². The maximum Gasteiger partial charge on any atom is 0.145 e. The Balaban J connectivity index is 2.22. The van der Waals surface area contributed by atoms with Crippen LogP contribution in [0.3, 0.4) is 0 Å². The molecular weight excluding hydrogens is 287 g/mol. The number of nitrogens with two attached hydrogens (primary N) is 1. The van der Waals surface area contributed by atoms with Crippen molar-refractivity contribution in [3.8, 4) is 0 Å². The van der Waals surface area contributed by atoms with Crippen molar-refractivity contribution in [1.29, 1.82) is 0 Å². The minimum Gasteiger partial charge on any atom is -0.326 e. The lowest BCUT2D eigenvalue weighted by Crippen LogP contribution is -2.59. The highest BCUT2D eigenvalue weighted by atomic mass is 35.5. The van der Waals surface area contributed by atoms with E-state index in [-0.39, 0.29) is 22.4 Å². The minimum atomic E-state index is -0.322. The van der Waals surface area contributed by atoms with E-state index in [2.05, 4.69) is 18.7 Å². The van der Waals surface area contributed by atoms with Crippen molar-refractivity contribution in [2.45, 2.75) is 57.5 Å². The Morgan fingerprint density at radius 2 is 1.90 bits per heavy atom. The van der Waals surface area contributed by atoms with Crippen molar-refractivity contribution in [3.05, 3.63) is 34.6 Å². The molecule has 1 aromatic carbocycles. The van der Waals surface area contributed by atoms with E-state index in [1.54, 1.807) is 18.2 Å². The normalized spacial score (nSPS) is 18.1. The van der Waals surface area contributed by atoms with Crippen molar-refractivity contribution in [3.63, 3.8) is 0 Å². The summed E-state index contributed by atoms with van der Waals surface area (Å²) in [6, 6.07) is 5.09. The number of hydrogen-bond donors (Lipinski definition) is 1. The number of likely N-dealkylation sites (tertiary alicyclic amines) is 1. The molecule has 1 atom stereocenters. The van der Waals surface area contributed by atoms with Gasteiger partial charge in [-0.2, -0.15) is 0 Å². The molecule has 0 saturated carbocycles. The van der Waals surface area contributed by atoms with E-state index in [1.165, 1.54) is 12.8 Å². The SMILES string of the molecule is CCC(CC)(C(N)Cc1cccc(Cl)c1F)N1CCCC1. The van der Waals surface area contributed by atoms with Gasteiger partial charge in [0.05, 0.1) is 5.02 Å². The van der Waals surface area contributed by atoms with Crippen molar-refractivity contribution in [1.82, 2.24) is 4.90 Å². The highest BCUT2D eigenvalue weighted by Gasteiger charge is 2.40. The molecule has 4 heteroatoms. The third kappa shape index (κ3) is 3.25. The van der Waals surface area contributed by atoms with E-state index in [4.69, 9.17) is 17.3 Å². The maximum atomic E-state index is 14.1. The largest absolute Gasteiger partial charge is 0.326 e. The molecule has 1 fully saturated rings. The van der Waals surface area contributed by atoms with Crippen LogP contribution < -0.4 is 5.73 Å². The third-order valence-corrected chi connectivity index (χ3v) is 5.41. The molecule has 2 N–H and O–H groups in total. The molecule has 0 aromatic heterocycles. The molecule has 2 rings (SSSR count). The summed E-state index contributed by atoms with van der Waals surface area (Å²) in [4.78, 5) is 2.51. The van der Waals surface area contributed by atoms with Gasteiger partial charge in [-0.1, -0.05) is 37.6 Å². The van der Waals surface area contributed by atoms with E-state index >= 15 is 0 Å². The van der Waals surface area contributed by atoms with E-state index in [9.17, 15) is 4.39 Å². The Hall–Kier alpha value is -0.640. The molecule has 1 heterocycles. The van der Waals surface area contributed by atoms with Crippen LogP contribution >= 0.6 is 11.6 Å². The lowest BCUT2D eigenvalue weighted by molar-refractivity contribution is 0.0765. The van der Waals surface area contributed by atoms with Crippen LogP contribution in [0.5, 0.6) is 0 Å². The van der Waals surface area contributed by atoms with Crippen molar-refractivity contribution in [2.24, 2.45) is 5.73 Å². The minimum absolute atomic E-state index is 0.0365. The predicted molar refractivity (Wildman–Crippen MR) is 87.2 cm³/mol. The second-order valence-corrected chi connectivity index (χ2v) is 6.44. The van der Waals surface area contributed by atoms with Gasteiger partial charge in [0.25, 0.3) is 0 Å². The molecule has 21 heavy (non-hydrogen) atoms. The zero-order valence-electron chi connectivity index (χ0n) is 13.0. The van der Waals surface area contributed by atoms with Crippen LogP contribution in [-0.4, -0.2) is 29.6 Å². The maximum absolute atomic E-state index is 14.1. The molecule has 1 saturated heterocycles. The Labute approximate surface area is 132 Å². The van der Waals surface area contributed by atoms with Gasteiger partial charge in [0.1, 0.15) is 5.82 Å². The van der Waals surface area contributed by atoms with Gasteiger partial charge in [-0.3, -0.25) is 4.90 Å². The summed E-state index contributed by atoms with van der Waals surface area (Å²) >= 11 is 5.88. The summed E-state index contributed by atoms with van der Waals surface area (Å²) in [5.41, 5.74) is 7.14. The molecule has 118 valence electrons. The molecule has 0 spiro atoms. The fourth-order valence-electron chi connectivity index (χ4n) is 3.75. The van der Waals surface area contributed by atoms with Crippen molar-refractivity contribution < 1.29 is 4.39 Å². The smallest absolute Gasteiger partial charge is 0.145 e. The number of nitrogens with zero attached hydrogens (tertiary/aromatic N) is 1. The van der Waals surface area contributed by atoms with E-state index < -0.39 is 0 Å². The summed E-state index contributed by atoms with van der Waals surface area (Å²) < 4.78 is 14.1. The third-order valence-electron chi connectivity index (χ3n) is 5.12. The fraction of sp³-hybridized carbons (Fsp3) is 0.647. The molecule has 0 aliphatic carbocycles. The van der Waals surface area contributed by atoms with Gasteiger partial charge in [0.2, 0.25) is 0 Å².